The van der Waals surface area contributed by atoms with Gasteiger partial charge in [-0.3, -0.25) is 4.90 Å². The van der Waals surface area contributed by atoms with Gasteiger partial charge >= 0.3 is 0 Å². The van der Waals surface area contributed by atoms with Crippen molar-refractivity contribution in [2.45, 2.75) is 38.8 Å². The molecule has 1 saturated heterocycles. The molecule has 0 bridgehead atoms. The highest BCUT2D eigenvalue weighted by Crippen LogP contribution is 2.26. The highest BCUT2D eigenvalue weighted by atomic mass is 35.5. The van der Waals surface area contributed by atoms with Gasteiger partial charge in [0.25, 0.3) is 0 Å². The summed E-state index contributed by atoms with van der Waals surface area (Å²) in [7, 11) is 0. The molecule has 0 saturated carbocycles. The largest absolute Gasteiger partial charge is 0.471 e. The minimum absolute atomic E-state index is 0.128. The van der Waals surface area contributed by atoms with Gasteiger partial charge in [-0.25, -0.2) is 9.97 Å². The molecule has 1 fully saturated rings. The van der Waals surface area contributed by atoms with Crippen molar-refractivity contribution < 1.29 is 4.74 Å². The molecule has 5 nitrogen and oxygen atoms in total. The molecule has 0 N–H and O–H groups in total. The molecular formula is C15H19ClN4O. The van der Waals surface area contributed by atoms with Crippen LogP contribution in [-0.4, -0.2) is 44.6 Å². The summed E-state index contributed by atoms with van der Waals surface area (Å²) in [6.45, 7) is 8.59. The summed E-state index contributed by atoms with van der Waals surface area (Å²) < 4.78 is 6.06. The third-order valence-corrected chi connectivity index (χ3v) is 4.00. The molecule has 0 spiro atoms. The minimum Gasteiger partial charge on any atom is -0.471 e. The van der Waals surface area contributed by atoms with Crippen LogP contribution in [0.1, 0.15) is 27.2 Å². The number of fused-ring (bicyclic) bond motifs is 1. The maximum Gasteiger partial charge on any atom is 0.244 e. The summed E-state index contributed by atoms with van der Waals surface area (Å²) in [5, 5.41) is 0.421. The fraction of sp³-hybridized carbons (Fsp3) is 0.533. The van der Waals surface area contributed by atoms with E-state index in [-0.39, 0.29) is 11.6 Å². The number of halogens is 1. The minimum atomic E-state index is 0.128. The zero-order chi connectivity index (χ0) is 15.0. The van der Waals surface area contributed by atoms with Crippen molar-refractivity contribution in [1.29, 1.82) is 0 Å². The summed E-state index contributed by atoms with van der Waals surface area (Å²) >= 11 is 5.96. The fourth-order valence-corrected chi connectivity index (χ4v) is 2.72. The maximum absolute atomic E-state index is 6.06. The second-order valence-corrected chi connectivity index (χ2v) is 6.71. The first-order valence-corrected chi connectivity index (χ1v) is 7.50. The number of pyridine rings is 1. The van der Waals surface area contributed by atoms with Gasteiger partial charge in [0.1, 0.15) is 17.6 Å². The number of hydrogen-bond donors (Lipinski definition) is 0. The summed E-state index contributed by atoms with van der Waals surface area (Å²) in [6, 6.07) is 3.55. The lowest BCUT2D eigenvalue weighted by molar-refractivity contribution is 0.139. The molecule has 0 unspecified atom stereocenters. The Morgan fingerprint density at radius 3 is 2.81 bits per heavy atom. The maximum atomic E-state index is 6.06. The second kappa shape index (κ2) is 5.39. The predicted molar refractivity (Wildman–Crippen MR) is 82.7 cm³/mol. The average Bonchev–Trinajstić information content (AvgIpc) is 2.88. The first-order chi connectivity index (χ1) is 9.93. The number of rotatable bonds is 2. The molecule has 1 aliphatic rings. The SMILES string of the molecule is CC(C)(C)N1CC[C@H](Oc2ncnc3ccc(Cl)nc23)C1. The number of likely N-dealkylation sites (tertiary alicyclic amines) is 1. The third-order valence-electron chi connectivity index (χ3n) is 3.79. The van der Waals surface area contributed by atoms with Gasteiger partial charge in [0, 0.05) is 18.6 Å². The first-order valence-electron chi connectivity index (χ1n) is 7.12. The first kappa shape index (κ1) is 14.5. The van der Waals surface area contributed by atoms with Gasteiger partial charge in [0.05, 0.1) is 5.52 Å². The van der Waals surface area contributed by atoms with Crippen molar-refractivity contribution in [3.8, 4) is 5.88 Å². The number of aromatic nitrogens is 3. The van der Waals surface area contributed by atoms with Gasteiger partial charge < -0.3 is 4.74 Å². The van der Waals surface area contributed by atoms with E-state index in [2.05, 4.69) is 40.6 Å². The molecule has 0 aromatic carbocycles. The van der Waals surface area contributed by atoms with Gasteiger partial charge in [-0.15, -0.1) is 0 Å². The molecular weight excluding hydrogens is 288 g/mol. The molecule has 3 heterocycles. The summed E-state index contributed by atoms with van der Waals surface area (Å²) in [5.41, 5.74) is 1.53. The fourth-order valence-electron chi connectivity index (χ4n) is 2.57. The Kier molecular flexibility index (Phi) is 3.71. The zero-order valence-electron chi connectivity index (χ0n) is 12.5. The van der Waals surface area contributed by atoms with E-state index in [1.807, 2.05) is 6.07 Å². The van der Waals surface area contributed by atoms with Gasteiger partial charge in [-0.1, -0.05) is 11.6 Å². The molecule has 112 valence electrons. The van der Waals surface area contributed by atoms with Crippen LogP contribution in [0.3, 0.4) is 0 Å². The number of ether oxygens (including phenoxy) is 1. The molecule has 0 radical (unpaired) electrons. The standard InChI is InChI=1S/C15H19ClN4O/c1-15(2,3)20-7-6-10(8-20)21-14-13-11(17-9-18-14)4-5-12(16)19-13/h4-5,9-10H,6-8H2,1-3H3/t10-/m0/s1. The molecule has 2 aromatic rings. The number of nitrogens with zero attached hydrogens (tertiary/aromatic N) is 4. The normalized spacial score (nSPS) is 20.1. The zero-order valence-corrected chi connectivity index (χ0v) is 13.3. The van der Waals surface area contributed by atoms with Crippen LogP contribution >= 0.6 is 11.6 Å². The van der Waals surface area contributed by atoms with Crippen LogP contribution in [0, 0.1) is 0 Å². The van der Waals surface area contributed by atoms with Crippen LogP contribution < -0.4 is 4.74 Å². The van der Waals surface area contributed by atoms with E-state index in [9.17, 15) is 0 Å². The van der Waals surface area contributed by atoms with Gasteiger partial charge in [0.15, 0.2) is 5.52 Å². The highest BCUT2D eigenvalue weighted by molar-refractivity contribution is 6.29. The van der Waals surface area contributed by atoms with Crippen molar-refractivity contribution in [3.05, 3.63) is 23.6 Å². The highest BCUT2D eigenvalue weighted by Gasteiger charge is 2.31. The predicted octanol–water partition coefficient (Wildman–Crippen LogP) is 2.93. The topological polar surface area (TPSA) is 51.1 Å². The monoisotopic (exact) mass is 306 g/mol. The summed E-state index contributed by atoms with van der Waals surface area (Å²) in [6.07, 6.45) is 2.62. The van der Waals surface area contributed by atoms with E-state index >= 15 is 0 Å². The van der Waals surface area contributed by atoms with E-state index in [1.165, 1.54) is 6.33 Å². The van der Waals surface area contributed by atoms with E-state index in [0.29, 0.717) is 16.5 Å². The Labute approximate surface area is 129 Å². The Bertz CT molecular complexity index is 656. The molecule has 2 aromatic heterocycles. The lowest BCUT2D eigenvalue weighted by atomic mass is 10.1. The Balaban J connectivity index is 1.81. The lowest BCUT2D eigenvalue weighted by Gasteiger charge is -2.31. The van der Waals surface area contributed by atoms with Crippen LogP contribution in [0.2, 0.25) is 5.15 Å². The van der Waals surface area contributed by atoms with E-state index in [4.69, 9.17) is 16.3 Å². The molecule has 6 heteroatoms. The van der Waals surface area contributed by atoms with Crippen LogP contribution in [0.4, 0.5) is 0 Å². The number of hydrogen-bond acceptors (Lipinski definition) is 5. The van der Waals surface area contributed by atoms with Crippen molar-refractivity contribution in [2.75, 3.05) is 13.1 Å². The Morgan fingerprint density at radius 2 is 2.10 bits per heavy atom. The van der Waals surface area contributed by atoms with E-state index in [0.717, 1.165) is 25.0 Å². The van der Waals surface area contributed by atoms with E-state index in [1.54, 1.807) is 6.07 Å². The van der Waals surface area contributed by atoms with Crippen molar-refractivity contribution in [2.24, 2.45) is 0 Å². The smallest absolute Gasteiger partial charge is 0.244 e. The molecule has 3 rings (SSSR count). The van der Waals surface area contributed by atoms with Crippen LogP contribution in [-0.2, 0) is 0 Å². The van der Waals surface area contributed by atoms with E-state index < -0.39 is 0 Å². The Morgan fingerprint density at radius 1 is 1.29 bits per heavy atom. The van der Waals surface area contributed by atoms with Crippen molar-refractivity contribution >= 4 is 22.6 Å². The lowest BCUT2D eigenvalue weighted by Crippen LogP contribution is -2.40. The van der Waals surface area contributed by atoms with Gasteiger partial charge in [0.2, 0.25) is 5.88 Å². The molecule has 1 aliphatic heterocycles. The second-order valence-electron chi connectivity index (χ2n) is 6.33. The van der Waals surface area contributed by atoms with Crippen LogP contribution in [0.5, 0.6) is 5.88 Å². The summed E-state index contributed by atoms with van der Waals surface area (Å²) in [5.74, 6) is 0.517. The summed E-state index contributed by atoms with van der Waals surface area (Å²) in [4.78, 5) is 15.1. The molecule has 1 atom stereocenters. The quantitative estimate of drug-likeness (QED) is 0.799. The Hall–Kier alpha value is -1.46. The van der Waals surface area contributed by atoms with Crippen molar-refractivity contribution in [3.63, 3.8) is 0 Å². The average molecular weight is 307 g/mol. The van der Waals surface area contributed by atoms with Crippen LogP contribution in [0.25, 0.3) is 11.0 Å². The van der Waals surface area contributed by atoms with Gasteiger partial charge in [-0.05, 0) is 39.3 Å². The molecule has 0 amide bonds. The molecule has 0 aliphatic carbocycles. The van der Waals surface area contributed by atoms with Crippen LogP contribution in [0.15, 0.2) is 18.5 Å². The van der Waals surface area contributed by atoms with Gasteiger partial charge in [-0.2, -0.15) is 4.98 Å². The molecule has 21 heavy (non-hydrogen) atoms. The van der Waals surface area contributed by atoms with Crippen molar-refractivity contribution in [1.82, 2.24) is 19.9 Å². The third kappa shape index (κ3) is 3.09.